The van der Waals surface area contributed by atoms with Crippen LogP contribution in [0.3, 0.4) is 0 Å². The molecule has 1 N–H and O–H groups in total. The van der Waals surface area contributed by atoms with E-state index in [2.05, 4.69) is 0 Å². The predicted octanol–water partition coefficient (Wildman–Crippen LogP) is 2.33. The Bertz CT molecular complexity index is 574. The Morgan fingerprint density at radius 1 is 1.35 bits per heavy atom. The van der Waals surface area contributed by atoms with Crippen LogP contribution in [-0.4, -0.2) is 17.5 Å². The maximum absolute atomic E-state index is 11.4. The van der Waals surface area contributed by atoms with E-state index in [0.29, 0.717) is 17.1 Å². The van der Waals surface area contributed by atoms with Crippen LogP contribution in [0.25, 0.3) is 11.0 Å². The van der Waals surface area contributed by atoms with Crippen molar-refractivity contribution in [2.75, 3.05) is 12.4 Å². The van der Waals surface area contributed by atoms with Gasteiger partial charge in [0.1, 0.15) is 5.58 Å². The predicted molar refractivity (Wildman–Crippen MR) is 70.5 cm³/mol. The summed E-state index contributed by atoms with van der Waals surface area (Å²) in [6, 6.07) is 7.38. The summed E-state index contributed by atoms with van der Waals surface area (Å²) in [4.78, 5) is 11.4. The van der Waals surface area contributed by atoms with Gasteiger partial charge < -0.3 is 9.52 Å². The lowest BCUT2D eigenvalue weighted by atomic mass is 10.1. The number of aliphatic hydroxyl groups excluding tert-OH is 1. The van der Waals surface area contributed by atoms with Gasteiger partial charge in [-0.3, -0.25) is 0 Å². The maximum atomic E-state index is 11.4. The average Bonchev–Trinajstić information content (AvgIpc) is 2.28. The number of aryl methyl sites for hydroxylation is 1. The van der Waals surface area contributed by atoms with Crippen molar-refractivity contribution in [3.63, 3.8) is 0 Å². The Hall–Kier alpha value is -1.26. The highest BCUT2D eigenvalue weighted by Crippen LogP contribution is 2.22. The lowest BCUT2D eigenvalue weighted by Crippen LogP contribution is -2.00. The topological polar surface area (TPSA) is 50.4 Å². The van der Waals surface area contributed by atoms with Crippen molar-refractivity contribution in [2.45, 2.75) is 12.7 Å². The molecule has 0 fully saturated rings. The largest absolute Gasteiger partial charge is 0.423 e. The standard InChI is InChI=1S/C13H14O3S/c1-9-2-3-11-10(8-17-5-4-14)7-13(15)16-12(11)6-9/h2-3,6-7,14H,4-5,8H2,1H3. The number of thioether (sulfide) groups is 1. The third-order valence-corrected chi connectivity index (χ3v) is 3.47. The van der Waals surface area contributed by atoms with E-state index in [1.807, 2.05) is 25.1 Å². The van der Waals surface area contributed by atoms with Gasteiger partial charge in [0, 0.05) is 23.0 Å². The van der Waals surface area contributed by atoms with E-state index in [4.69, 9.17) is 9.52 Å². The number of hydrogen-bond donors (Lipinski definition) is 1. The zero-order chi connectivity index (χ0) is 12.3. The van der Waals surface area contributed by atoms with Crippen molar-refractivity contribution >= 4 is 22.7 Å². The van der Waals surface area contributed by atoms with Crippen LogP contribution in [0.5, 0.6) is 0 Å². The van der Waals surface area contributed by atoms with Crippen LogP contribution >= 0.6 is 11.8 Å². The normalized spacial score (nSPS) is 10.9. The highest BCUT2D eigenvalue weighted by Gasteiger charge is 2.05. The number of hydrogen-bond acceptors (Lipinski definition) is 4. The van der Waals surface area contributed by atoms with E-state index in [1.165, 1.54) is 6.07 Å². The molecule has 0 radical (unpaired) electrons. The van der Waals surface area contributed by atoms with Gasteiger partial charge in [-0.2, -0.15) is 11.8 Å². The average molecular weight is 250 g/mol. The molecule has 90 valence electrons. The Morgan fingerprint density at radius 2 is 2.18 bits per heavy atom. The summed E-state index contributed by atoms with van der Waals surface area (Å²) in [6.45, 7) is 2.12. The maximum Gasteiger partial charge on any atom is 0.336 e. The second kappa shape index (κ2) is 5.38. The first kappa shape index (κ1) is 12.2. The van der Waals surface area contributed by atoms with Gasteiger partial charge in [-0.15, -0.1) is 0 Å². The van der Waals surface area contributed by atoms with Gasteiger partial charge in [0.2, 0.25) is 0 Å². The molecule has 2 aromatic rings. The SMILES string of the molecule is Cc1ccc2c(CSCCO)cc(=O)oc2c1. The van der Waals surface area contributed by atoms with Crippen LogP contribution in [0.15, 0.2) is 33.5 Å². The molecule has 0 aliphatic heterocycles. The first-order valence-corrected chi connectivity index (χ1v) is 6.58. The van der Waals surface area contributed by atoms with Gasteiger partial charge in [-0.1, -0.05) is 12.1 Å². The smallest absolute Gasteiger partial charge is 0.336 e. The molecular weight excluding hydrogens is 236 g/mol. The molecule has 0 unspecified atom stereocenters. The first-order chi connectivity index (χ1) is 8.20. The second-order valence-corrected chi connectivity index (χ2v) is 4.97. The Balaban J connectivity index is 2.43. The lowest BCUT2D eigenvalue weighted by Gasteiger charge is -2.05. The van der Waals surface area contributed by atoms with Crippen molar-refractivity contribution < 1.29 is 9.52 Å². The summed E-state index contributed by atoms with van der Waals surface area (Å²) in [6.07, 6.45) is 0. The summed E-state index contributed by atoms with van der Waals surface area (Å²) in [7, 11) is 0. The molecule has 3 nitrogen and oxygen atoms in total. The van der Waals surface area contributed by atoms with Crippen molar-refractivity contribution in [2.24, 2.45) is 0 Å². The number of aliphatic hydroxyl groups is 1. The number of rotatable bonds is 4. The molecular formula is C13H14O3S. The molecule has 1 aromatic heterocycles. The van der Waals surface area contributed by atoms with Crippen LogP contribution in [0, 0.1) is 6.92 Å². The van der Waals surface area contributed by atoms with E-state index >= 15 is 0 Å². The molecule has 0 saturated carbocycles. The van der Waals surface area contributed by atoms with E-state index in [1.54, 1.807) is 11.8 Å². The zero-order valence-electron chi connectivity index (χ0n) is 9.60. The van der Waals surface area contributed by atoms with E-state index in [-0.39, 0.29) is 12.2 Å². The van der Waals surface area contributed by atoms with Gasteiger partial charge in [0.15, 0.2) is 0 Å². The van der Waals surface area contributed by atoms with E-state index in [0.717, 1.165) is 16.5 Å². The molecule has 0 spiro atoms. The Labute approximate surface area is 103 Å². The molecule has 0 aliphatic rings. The number of benzene rings is 1. The van der Waals surface area contributed by atoms with Gasteiger partial charge in [-0.05, 0) is 24.1 Å². The fraction of sp³-hybridized carbons (Fsp3) is 0.308. The quantitative estimate of drug-likeness (QED) is 0.668. The van der Waals surface area contributed by atoms with Crippen molar-refractivity contribution in [3.05, 3.63) is 45.8 Å². The highest BCUT2D eigenvalue weighted by atomic mass is 32.2. The lowest BCUT2D eigenvalue weighted by molar-refractivity contribution is 0.322. The summed E-state index contributed by atoms with van der Waals surface area (Å²) in [5.41, 5.74) is 2.36. The fourth-order valence-electron chi connectivity index (χ4n) is 1.70. The van der Waals surface area contributed by atoms with E-state index in [9.17, 15) is 4.79 Å². The van der Waals surface area contributed by atoms with Gasteiger partial charge in [-0.25, -0.2) is 4.79 Å². The van der Waals surface area contributed by atoms with Crippen LogP contribution in [0.1, 0.15) is 11.1 Å². The van der Waals surface area contributed by atoms with Gasteiger partial charge >= 0.3 is 5.63 Å². The van der Waals surface area contributed by atoms with Crippen molar-refractivity contribution in [1.82, 2.24) is 0 Å². The van der Waals surface area contributed by atoms with Crippen molar-refractivity contribution in [1.29, 1.82) is 0 Å². The van der Waals surface area contributed by atoms with Crippen LogP contribution < -0.4 is 5.63 Å². The molecule has 0 amide bonds. The van der Waals surface area contributed by atoms with Crippen LogP contribution in [0.2, 0.25) is 0 Å². The van der Waals surface area contributed by atoms with E-state index < -0.39 is 0 Å². The molecule has 2 rings (SSSR count). The minimum atomic E-state index is -0.317. The van der Waals surface area contributed by atoms with Gasteiger partial charge in [0.05, 0.1) is 6.61 Å². The van der Waals surface area contributed by atoms with Crippen LogP contribution in [0.4, 0.5) is 0 Å². The third-order valence-electron chi connectivity index (χ3n) is 2.48. The minimum Gasteiger partial charge on any atom is -0.423 e. The molecule has 4 heteroatoms. The minimum absolute atomic E-state index is 0.156. The third kappa shape index (κ3) is 2.90. The molecule has 17 heavy (non-hydrogen) atoms. The molecule has 1 heterocycles. The van der Waals surface area contributed by atoms with Gasteiger partial charge in [0.25, 0.3) is 0 Å². The summed E-state index contributed by atoms with van der Waals surface area (Å²) >= 11 is 1.60. The highest BCUT2D eigenvalue weighted by molar-refractivity contribution is 7.98. The first-order valence-electron chi connectivity index (χ1n) is 5.42. The zero-order valence-corrected chi connectivity index (χ0v) is 10.4. The van der Waals surface area contributed by atoms with Crippen molar-refractivity contribution in [3.8, 4) is 0 Å². The summed E-state index contributed by atoms with van der Waals surface area (Å²) in [5, 5.41) is 9.72. The summed E-state index contributed by atoms with van der Waals surface area (Å²) in [5.74, 6) is 1.39. The fourth-order valence-corrected chi connectivity index (χ4v) is 2.44. The monoisotopic (exact) mass is 250 g/mol. The molecule has 0 saturated heterocycles. The second-order valence-electron chi connectivity index (χ2n) is 3.87. The molecule has 0 bridgehead atoms. The molecule has 1 aromatic carbocycles. The van der Waals surface area contributed by atoms with Crippen LogP contribution in [-0.2, 0) is 5.75 Å². The Kier molecular flexibility index (Phi) is 3.86. The molecule has 0 atom stereocenters. The molecule has 0 aliphatic carbocycles. The number of fused-ring (bicyclic) bond motifs is 1. The Morgan fingerprint density at radius 3 is 2.94 bits per heavy atom. The summed E-state index contributed by atoms with van der Waals surface area (Å²) < 4.78 is 5.18.